The lowest BCUT2D eigenvalue weighted by molar-refractivity contribution is -0.386. The number of nitrogens with zero attached hydrogens (tertiary/aromatic N) is 6. The van der Waals surface area contributed by atoms with Crippen molar-refractivity contribution >= 4 is 17.7 Å². The van der Waals surface area contributed by atoms with E-state index in [1.807, 2.05) is 0 Å². The third kappa shape index (κ3) is 3.92. The normalized spacial score (nSPS) is 9.77. The minimum atomic E-state index is -0.642. The SMILES string of the molecule is Cn1cc([N+](=O)[O-])c(C=O)n1.Cn1cc([N+](=O)[O-])c(CO)n1. The number of aliphatic hydroxyl groups excluding tert-OH is 1. The minimum Gasteiger partial charge on any atom is -0.390 e. The number of aliphatic hydroxyl groups is 1. The van der Waals surface area contributed by atoms with Gasteiger partial charge in [-0.05, 0) is 0 Å². The number of hydrogen-bond donors (Lipinski definition) is 1. The van der Waals surface area contributed by atoms with Crippen molar-refractivity contribution in [2.24, 2.45) is 14.1 Å². The molecule has 2 aromatic heterocycles. The monoisotopic (exact) mass is 312 g/mol. The van der Waals surface area contributed by atoms with Crippen LogP contribution in [0.4, 0.5) is 11.4 Å². The Morgan fingerprint density at radius 3 is 2.00 bits per heavy atom. The zero-order chi connectivity index (χ0) is 16.9. The minimum absolute atomic E-state index is 0.0949. The van der Waals surface area contributed by atoms with Crippen LogP contribution in [0.3, 0.4) is 0 Å². The number of nitro groups is 2. The van der Waals surface area contributed by atoms with Crippen molar-refractivity contribution < 1.29 is 19.7 Å². The fourth-order valence-corrected chi connectivity index (χ4v) is 1.50. The van der Waals surface area contributed by atoms with Crippen LogP contribution < -0.4 is 0 Å². The summed E-state index contributed by atoms with van der Waals surface area (Å²) in [6, 6.07) is 0. The zero-order valence-electron chi connectivity index (χ0n) is 11.6. The van der Waals surface area contributed by atoms with Gasteiger partial charge in [0.05, 0.1) is 16.5 Å². The third-order valence-corrected chi connectivity index (χ3v) is 2.38. The summed E-state index contributed by atoms with van der Waals surface area (Å²) in [4.78, 5) is 29.4. The van der Waals surface area contributed by atoms with E-state index in [1.54, 1.807) is 7.05 Å². The molecule has 0 saturated heterocycles. The van der Waals surface area contributed by atoms with Gasteiger partial charge >= 0.3 is 11.4 Å². The van der Waals surface area contributed by atoms with Gasteiger partial charge < -0.3 is 5.11 Å². The summed E-state index contributed by atoms with van der Waals surface area (Å²) in [6.07, 6.45) is 2.80. The molecule has 1 N–H and O–H groups in total. The predicted octanol–water partition coefficient (Wildman–Crippen LogP) is -0.0386. The molecule has 2 aromatic rings. The molecular weight excluding hydrogens is 300 g/mol. The second-order valence-electron chi connectivity index (χ2n) is 4.00. The number of aldehydes is 1. The topological polar surface area (TPSA) is 159 Å². The molecule has 0 aliphatic rings. The highest BCUT2D eigenvalue weighted by Gasteiger charge is 2.17. The molecule has 2 heterocycles. The number of aryl methyl sites for hydroxylation is 2. The molecule has 12 nitrogen and oxygen atoms in total. The van der Waals surface area contributed by atoms with Gasteiger partial charge in [-0.2, -0.15) is 10.2 Å². The van der Waals surface area contributed by atoms with Gasteiger partial charge in [0.15, 0.2) is 12.0 Å². The van der Waals surface area contributed by atoms with Gasteiger partial charge in [-0.25, -0.2) is 0 Å². The van der Waals surface area contributed by atoms with Gasteiger partial charge in [-0.1, -0.05) is 0 Å². The first-order valence-electron chi connectivity index (χ1n) is 5.71. The maximum Gasteiger partial charge on any atom is 0.317 e. The first kappa shape index (κ1) is 16.9. The van der Waals surface area contributed by atoms with Crippen LogP contribution >= 0.6 is 0 Å². The average molecular weight is 312 g/mol. The molecular formula is C10H12N6O6. The van der Waals surface area contributed by atoms with Crippen molar-refractivity contribution in [1.29, 1.82) is 0 Å². The summed E-state index contributed by atoms with van der Waals surface area (Å²) < 4.78 is 2.52. The van der Waals surface area contributed by atoms with Gasteiger partial charge in [-0.15, -0.1) is 0 Å². The molecule has 0 amide bonds. The third-order valence-electron chi connectivity index (χ3n) is 2.38. The molecule has 0 aliphatic carbocycles. The smallest absolute Gasteiger partial charge is 0.317 e. The maximum absolute atomic E-state index is 10.2. The van der Waals surface area contributed by atoms with Gasteiger partial charge in [0.25, 0.3) is 0 Å². The van der Waals surface area contributed by atoms with E-state index in [0.29, 0.717) is 6.29 Å². The van der Waals surface area contributed by atoms with Crippen LogP contribution in [0, 0.1) is 20.2 Å². The highest BCUT2D eigenvalue weighted by atomic mass is 16.6. The van der Waals surface area contributed by atoms with Crippen molar-refractivity contribution in [3.05, 3.63) is 44.0 Å². The lowest BCUT2D eigenvalue weighted by Crippen LogP contribution is -1.92. The summed E-state index contributed by atoms with van der Waals surface area (Å²) >= 11 is 0. The van der Waals surface area contributed by atoms with Crippen molar-refractivity contribution in [1.82, 2.24) is 19.6 Å². The molecule has 0 aliphatic heterocycles. The Hall–Kier alpha value is -3.15. The highest BCUT2D eigenvalue weighted by molar-refractivity contribution is 5.77. The Morgan fingerprint density at radius 2 is 1.64 bits per heavy atom. The Balaban J connectivity index is 0.000000220. The van der Waals surface area contributed by atoms with Crippen molar-refractivity contribution in [3.8, 4) is 0 Å². The number of carbonyl (C=O) groups excluding carboxylic acids is 1. The molecule has 0 fully saturated rings. The Labute approximate surface area is 122 Å². The van der Waals surface area contributed by atoms with E-state index in [0.717, 1.165) is 0 Å². The second-order valence-corrected chi connectivity index (χ2v) is 4.00. The molecule has 0 aromatic carbocycles. The summed E-state index contributed by atoms with van der Waals surface area (Å²) in [5.74, 6) is 0. The highest BCUT2D eigenvalue weighted by Crippen LogP contribution is 2.15. The summed E-state index contributed by atoms with van der Waals surface area (Å²) in [7, 11) is 3.08. The summed E-state index contributed by atoms with van der Waals surface area (Å²) in [5.41, 5.74) is -0.451. The number of hydrogen-bond acceptors (Lipinski definition) is 8. The van der Waals surface area contributed by atoms with Gasteiger partial charge in [0, 0.05) is 14.1 Å². The van der Waals surface area contributed by atoms with E-state index in [2.05, 4.69) is 10.2 Å². The van der Waals surface area contributed by atoms with Gasteiger partial charge in [-0.3, -0.25) is 34.4 Å². The van der Waals surface area contributed by atoms with E-state index < -0.39 is 16.5 Å². The van der Waals surface area contributed by atoms with E-state index >= 15 is 0 Å². The molecule has 0 unspecified atom stereocenters. The van der Waals surface area contributed by atoms with Gasteiger partial charge in [0.1, 0.15) is 12.4 Å². The van der Waals surface area contributed by atoms with Crippen LogP contribution in [0.15, 0.2) is 12.4 Å². The van der Waals surface area contributed by atoms with Crippen molar-refractivity contribution in [2.45, 2.75) is 6.61 Å². The zero-order valence-corrected chi connectivity index (χ0v) is 11.6. The number of rotatable bonds is 4. The molecule has 0 bridgehead atoms. The van der Waals surface area contributed by atoms with E-state index in [9.17, 15) is 25.0 Å². The fourth-order valence-electron chi connectivity index (χ4n) is 1.50. The lowest BCUT2D eigenvalue weighted by Gasteiger charge is -1.85. The molecule has 0 spiro atoms. The number of carbonyl (C=O) groups is 1. The first-order chi connectivity index (χ1) is 10.3. The Bertz CT molecular complexity index is 705. The molecule has 12 heteroatoms. The second kappa shape index (κ2) is 7.03. The van der Waals surface area contributed by atoms with Gasteiger partial charge in [0.2, 0.25) is 5.69 Å². The van der Waals surface area contributed by atoms with E-state index in [4.69, 9.17) is 5.11 Å². The summed E-state index contributed by atoms with van der Waals surface area (Å²) in [5, 5.41) is 36.3. The maximum atomic E-state index is 10.2. The van der Waals surface area contributed by atoms with Crippen LogP contribution in [-0.4, -0.2) is 40.8 Å². The largest absolute Gasteiger partial charge is 0.390 e. The Kier molecular flexibility index (Phi) is 5.40. The van der Waals surface area contributed by atoms with Crippen molar-refractivity contribution in [2.75, 3.05) is 0 Å². The van der Waals surface area contributed by atoms with Crippen LogP contribution in [0.2, 0.25) is 0 Å². The average Bonchev–Trinajstić information content (AvgIpc) is 3.02. The molecule has 0 radical (unpaired) electrons. The summed E-state index contributed by atoms with van der Waals surface area (Å²) in [6.45, 7) is -0.406. The van der Waals surface area contributed by atoms with Crippen LogP contribution in [-0.2, 0) is 20.7 Å². The van der Waals surface area contributed by atoms with Crippen LogP contribution in [0.25, 0.3) is 0 Å². The fraction of sp³-hybridized carbons (Fsp3) is 0.300. The van der Waals surface area contributed by atoms with Crippen LogP contribution in [0.5, 0.6) is 0 Å². The molecule has 0 saturated carbocycles. The predicted molar refractivity (Wildman–Crippen MR) is 71.0 cm³/mol. The van der Waals surface area contributed by atoms with E-state index in [1.165, 1.54) is 28.8 Å². The quantitative estimate of drug-likeness (QED) is 0.467. The molecule has 118 valence electrons. The van der Waals surface area contributed by atoms with Crippen molar-refractivity contribution in [3.63, 3.8) is 0 Å². The molecule has 0 atom stereocenters. The molecule has 22 heavy (non-hydrogen) atoms. The molecule has 2 rings (SSSR count). The van der Waals surface area contributed by atoms with Crippen LogP contribution in [0.1, 0.15) is 16.2 Å². The lowest BCUT2D eigenvalue weighted by atomic mass is 10.4. The first-order valence-corrected chi connectivity index (χ1v) is 5.71. The Morgan fingerprint density at radius 1 is 1.14 bits per heavy atom. The number of aromatic nitrogens is 4. The standard InChI is InChI=1S/C5H7N3O3.C5H5N3O3/c2*1-7-2-5(8(10)11)4(3-9)6-7/h2,9H,3H2,1H3;2-3H,1H3. The van der Waals surface area contributed by atoms with E-state index in [-0.39, 0.29) is 22.8 Å².